The molecule has 1 N–H and O–H groups in total. The predicted molar refractivity (Wildman–Crippen MR) is 45.3 cm³/mol. The largest absolute Gasteiger partial charge is 0.369 e. The van der Waals surface area contributed by atoms with Crippen molar-refractivity contribution in [2.24, 2.45) is 5.41 Å². The molecule has 0 saturated carbocycles. The summed E-state index contributed by atoms with van der Waals surface area (Å²) in [4.78, 5) is 3.79. The molecule has 0 bridgehead atoms. The minimum absolute atomic E-state index is 0.263. The summed E-state index contributed by atoms with van der Waals surface area (Å²) in [5, 5.41) is 14.0. The van der Waals surface area contributed by atoms with Gasteiger partial charge in [0.25, 0.3) is 0 Å². The minimum Gasteiger partial charge on any atom is -0.369 e. The molecule has 68 valence electrons. The van der Waals surface area contributed by atoms with Crippen LogP contribution in [0.4, 0.5) is 0 Å². The third kappa shape index (κ3) is 1.34. The molecule has 0 spiro atoms. The van der Waals surface area contributed by atoms with Crippen LogP contribution in [0.15, 0.2) is 12.7 Å². The van der Waals surface area contributed by atoms with Crippen molar-refractivity contribution in [2.75, 3.05) is 0 Å². The van der Waals surface area contributed by atoms with Gasteiger partial charge in [0.1, 0.15) is 12.7 Å². The summed E-state index contributed by atoms with van der Waals surface area (Å²) < 4.78 is 1.47. The van der Waals surface area contributed by atoms with Crippen LogP contribution in [0.1, 0.15) is 27.7 Å². The van der Waals surface area contributed by atoms with Crippen LogP contribution in [0.3, 0.4) is 0 Å². The quantitative estimate of drug-likeness (QED) is 0.682. The minimum atomic E-state index is -0.997. The molecule has 1 aromatic rings. The normalized spacial score (nSPS) is 17.4. The lowest BCUT2D eigenvalue weighted by Crippen LogP contribution is -2.43. The standard InChI is InChI=1S/C8H15N3O/c1-7(2,3)8(4,12)11-6-9-5-10-11/h5-6,12H,1-4H3. The first kappa shape index (κ1) is 9.19. The van der Waals surface area contributed by atoms with Gasteiger partial charge >= 0.3 is 0 Å². The Bertz CT molecular complexity index is 246. The molecular weight excluding hydrogens is 154 g/mol. The van der Waals surface area contributed by atoms with E-state index in [-0.39, 0.29) is 5.41 Å². The maximum atomic E-state index is 10.1. The van der Waals surface area contributed by atoms with Crippen LogP contribution in [0, 0.1) is 5.41 Å². The van der Waals surface area contributed by atoms with Gasteiger partial charge in [-0.15, -0.1) is 0 Å². The van der Waals surface area contributed by atoms with Gasteiger partial charge in [-0.25, -0.2) is 9.67 Å². The molecular formula is C8H15N3O. The highest BCUT2D eigenvalue weighted by Gasteiger charge is 2.37. The van der Waals surface area contributed by atoms with E-state index in [9.17, 15) is 5.11 Å². The Morgan fingerprint density at radius 2 is 1.83 bits per heavy atom. The summed E-state index contributed by atoms with van der Waals surface area (Å²) in [6, 6.07) is 0. The Labute approximate surface area is 72.2 Å². The summed E-state index contributed by atoms with van der Waals surface area (Å²) >= 11 is 0. The van der Waals surface area contributed by atoms with E-state index in [4.69, 9.17) is 0 Å². The Morgan fingerprint density at radius 3 is 2.17 bits per heavy atom. The van der Waals surface area contributed by atoms with Crippen molar-refractivity contribution in [2.45, 2.75) is 33.4 Å². The van der Waals surface area contributed by atoms with Crippen molar-refractivity contribution in [1.82, 2.24) is 14.8 Å². The summed E-state index contributed by atoms with van der Waals surface area (Å²) in [5.41, 5.74) is -1.26. The molecule has 4 heteroatoms. The molecule has 1 rings (SSSR count). The van der Waals surface area contributed by atoms with E-state index in [2.05, 4.69) is 10.1 Å². The van der Waals surface area contributed by atoms with Crippen molar-refractivity contribution in [3.8, 4) is 0 Å². The van der Waals surface area contributed by atoms with Crippen LogP contribution >= 0.6 is 0 Å². The van der Waals surface area contributed by atoms with Crippen molar-refractivity contribution >= 4 is 0 Å². The van der Waals surface area contributed by atoms with Crippen LogP contribution in [-0.2, 0) is 5.72 Å². The second-order valence-corrected chi connectivity index (χ2v) is 4.11. The molecule has 0 amide bonds. The molecule has 4 nitrogen and oxygen atoms in total. The number of aliphatic hydroxyl groups is 1. The van der Waals surface area contributed by atoms with Gasteiger partial charge in [-0.3, -0.25) is 0 Å². The Morgan fingerprint density at radius 1 is 1.25 bits per heavy atom. The maximum Gasteiger partial charge on any atom is 0.161 e. The number of hydrogen-bond acceptors (Lipinski definition) is 3. The lowest BCUT2D eigenvalue weighted by molar-refractivity contribution is -0.121. The van der Waals surface area contributed by atoms with Crippen LogP contribution < -0.4 is 0 Å². The van der Waals surface area contributed by atoms with E-state index < -0.39 is 5.72 Å². The first-order valence-electron chi connectivity index (χ1n) is 3.93. The molecule has 0 aliphatic rings. The molecule has 0 saturated heterocycles. The van der Waals surface area contributed by atoms with Crippen molar-refractivity contribution in [3.63, 3.8) is 0 Å². The van der Waals surface area contributed by atoms with Gasteiger partial charge in [0, 0.05) is 5.41 Å². The summed E-state index contributed by atoms with van der Waals surface area (Å²) in [6.07, 6.45) is 2.94. The van der Waals surface area contributed by atoms with Crippen LogP contribution in [0.5, 0.6) is 0 Å². The SMILES string of the molecule is CC(C)(C)C(C)(O)n1cncn1. The summed E-state index contributed by atoms with van der Waals surface area (Å²) in [6.45, 7) is 7.58. The first-order chi connectivity index (χ1) is 5.36. The number of aromatic nitrogens is 3. The van der Waals surface area contributed by atoms with Crippen molar-refractivity contribution in [3.05, 3.63) is 12.7 Å². The van der Waals surface area contributed by atoms with Crippen LogP contribution in [-0.4, -0.2) is 19.9 Å². The number of nitrogens with zero attached hydrogens (tertiary/aromatic N) is 3. The Kier molecular flexibility index (Phi) is 1.96. The van der Waals surface area contributed by atoms with E-state index in [1.165, 1.54) is 17.3 Å². The van der Waals surface area contributed by atoms with E-state index in [0.29, 0.717) is 0 Å². The highest BCUT2D eigenvalue weighted by molar-refractivity contribution is 4.82. The zero-order valence-corrected chi connectivity index (χ0v) is 7.94. The smallest absolute Gasteiger partial charge is 0.161 e. The third-order valence-electron chi connectivity index (χ3n) is 2.29. The second kappa shape index (κ2) is 2.55. The average Bonchev–Trinajstić information content (AvgIpc) is 2.34. The molecule has 0 aromatic carbocycles. The molecule has 0 radical (unpaired) electrons. The maximum absolute atomic E-state index is 10.1. The van der Waals surface area contributed by atoms with Gasteiger partial charge < -0.3 is 5.11 Å². The van der Waals surface area contributed by atoms with Crippen molar-refractivity contribution < 1.29 is 5.11 Å². The topological polar surface area (TPSA) is 50.9 Å². The van der Waals surface area contributed by atoms with Crippen LogP contribution in [0.2, 0.25) is 0 Å². The fourth-order valence-electron chi connectivity index (χ4n) is 0.777. The summed E-state index contributed by atoms with van der Waals surface area (Å²) in [7, 11) is 0. The van der Waals surface area contributed by atoms with Gasteiger partial charge in [0.15, 0.2) is 5.72 Å². The third-order valence-corrected chi connectivity index (χ3v) is 2.29. The Hall–Kier alpha value is -0.900. The molecule has 1 aromatic heterocycles. The highest BCUT2D eigenvalue weighted by Crippen LogP contribution is 2.32. The fourth-order valence-corrected chi connectivity index (χ4v) is 0.777. The molecule has 12 heavy (non-hydrogen) atoms. The molecule has 0 aliphatic carbocycles. The van der Waals surface area contributed by atoms with E-state index >= 15 is 0 Å². The number of hydrogen-bond donors (Lipinski definition) is 1. The molecule has 1 heterocycles. The predicted octanol–water partition coefficient (Wildman–Crippen LogP) is 0.989. The lowest BCUT2D eigenvalue weighted by atomic mass is 9.84. The van der Waals surface area contributed by atoms with Gasteiger partial charge in [0.2, 0.25) is 0 Å². The van der Waals surface area contributed by atoms with Gasteiger partial charge in [0.05, 0.1) is 0 Å². The zero-order chi connectivity index (χ0) is 9.41. The molecule has 1 atom stereocenters. The fraction of sp³-hybridized carbons (Fsp3) is 0.750. The number of rotatable bonds is 1. The van der Waals surface area contributed by atoms with E-state index in [1.54, 1.807) is 6.92 Å². The molecule has 0 aliphatic heterocycles. The monoisotopic (exact) mass is 169 g/mol. The first-order valence-corrected chi connectivity index (χ1v) is 3.93. The molecule has 1 unspecified atom stereocenters. The van der Waals surface area contributed by atoms with E-state index in [1.807, 2.05) is 20.8 Å². The van der Waals surface area contributed by atoms with Gasteiger partial charge in [-0.05, 0) is 6.92 Å². The van der Waals surface area contributed by atoms with Crippen molar-refractivity contribution in [1.29, 1.82) is 0 Å². The van der Waals surface area contributed by atoms with Gasteiger partial charge in [-0.2, -0.15) is 5.10 Å². The van der Waals surface area contributed by atoms with Gasteiger partial charge in [-0.1, -0.05) is 20.8 Å². The lowest BCUT2D eigenvalue weighted by Gasteiger charge is -2.36. The average molecular weight is 169 g/mol. The summed E-state index contributed by atoms with van der Waals surface area (Å²) in [5.74, 6) is 0. The van der Waals surface area contributed by atoms with Crippen LogP contribution in [0.25, 0.3) is 0 Å². The Balaban J connectivity index is 3.02. The van der Waals surface area contributed by atoms with E-state index in [0.717, 1.165) is 0 Å². The zero-order valence-electron chi connectivity index (χ0n) is 7.94. The highest BCUT2D eigenvalue weighted by atomic mass is 16.3. The second-order valence-electron chi connectivity index (χ2n) is 4.11. The molecule has 0 fully saturated rings.